The number of nitrogens with zero attached hydrogens (tertiary/aromatic N) is 1. The number of anilines is 1. The molecule has 1 aliphatic rings. The number of nitrogens with one attached hydrogen (secondary N) is 1. The third kappa shape index (κ3) is 5.66. The van der Waals surface area contributed by atoms with Gasteiger partial charge in [0.15, 0.2) is 0 Å². The normalized spacial score (nSPS) is 14.7. The zero-order valence-electron chi connectivity index (χ0n) is 15.7. The van der Waals surface area contributed by atoms with Crippen LogP contribution in [-0.2, 0) is 11.3 Å². The van der Waals surface area contributed by atoms with Crippen LogP contribution in [0.1, 0.15) is 42.1 Å². The van der Waals surface area contributed by atoms with Crippen molar-refractivity contribution in [2.45, 2.75) is 38.8 Å². The van der Waals surface area contributed by atoms with E-state index in [1.54, 1.807) is 24.3 Å². The molecule has 2 amide bonds. The molecule has 142 valence electrons. The van der Waals surface area contributed by atoms with E-state index in [1.807, 2.05) is 6.07 Å². The van der Waals surface area contributed by atoms with Crippen LogP contribution in [-0.4, -0.2) is 29.3 Å². The topological polar surface area (TPSA) is 75.4 Å². The Morgan fingerprint density at radius 2 is 1.78 bits per heavy atom. The van der Waals surface area contributed by atoms with Crippen LogP contribution in [0.5, 0.6) is 0 Å². The Balaban J connectivity index is 1.55. The maximum absolute atomic E-state index is 12.4. The molecule has 2 aromatic carbocycles. The summed E-state index contributed by atoms with van der Waals surface area (Å²) in [7, 11) is 0. The van der Waals surface area contributed by atoms with E-state index in [-0.39, 0.29) is 5.91 Å². The van der Waals surface area contributed by atoms with E-state index >= 15 is 0 Å². The Bertz CT molecular complexity index is 770. The Labute approximate surface area is 160 Å². The molecule has 5 heteroatoms. The van der Waals surface area contributed by atoms with Crippen LogP contribution in [0.2, 0.25) is 0 Å². The van der Waals surface area contributed by atoms with Gasteiger partial charge in [-0.05, 0) is 55.5 Å². The number of nitrogens with two attached hydrogens (primary N) is 1. The van der Waals surface area contributed by atoms with Crippen molar-refractivity contribution >= 4 is 17.5 Å². The average Bonchev–Trinajstić information content (AvgIpc) is 3.51. The summed E-state index contributed by atoms with van der Waals surface area (Å²) in [6.45, 7) is 3.85. The third-order valence-corrected chi connectivity index (χ3v) is 5.19. The molecule has 1 aliphatic carbocycles. The molecule has 1 saturated carbocycles. The molecular formula is C22H27N3O2. The van der Waals surface area contributed by atoms with Gasteiger partial charge < -0.3 is 11.1 Å². The molecule has 0 bridgehead atoms. The highest BCUT2D eigenvalue weighted by Gasteiger charge is 2.32. The second-order valence-electron chi connectivity index (χ2n) is 7.27. The first-order valence-electron chi connectivity index (χ1n) is 9.50. The summed E-state index contributed by atoms with van der Waals surface area (Å²) >= 11 is 0. The van der Waals surface area contributed by atoms with E-state index in [0.717, 1.165) is 19.0 Å². The van der Waals surface area contributed by atoms with Crippen LogP contribution in [0, 0.1) is 5.92 Å². The van der Waals surface area contributed by atoms with Crippen LogP contribution in [0.4, 0.5) is 5.69 Å². The van der Waals surface area contributed by atoms with Gasteiger partial charge in [-0.25, -0.2) is 0 Å². The Kier molecular flexibility index (Phi) is 6.24. The minimum Gasteiger partial charge on any atom is -0.366 e. The fourth-order valence-corrected chi connectivity index (χ4v) is 3.31. The highest BCUT2D eigenvalue weighted by atomic mass is 16.2. The third-order valence-electron chi connectivity index (χ3n) is 5.19. The van der Waals surface area contributed by atoms with Gasteiger partial charge in [-0.15, -0.1) is 0 Å². The molecular weight excluding hydrogens is 338 g/mol. The zero-order chi connectivity index (χ0) is 19.2. The Hall–Kier alpha value is -2.66. The number of primary amides is 1. The van der Waals surface area contributed by atoms with Crippen molar-refractivity contribution in [3.8, 4) is 0 Å². The van der Waals surface area contributed by atoms with Gasteiger partial charge in [0.25, 0.3) is 0 Å². The molecule has 27 heavy (non-hydrogen) atoms. The molecule has 1 unspecified atom stereocenters. The summed E-state index contributed by atoms with van der Waals surface area (Å²) < 4.78 is 0. The highest BCUT2D eigenvalue weighted by Crippen LogP contribution is 2.35. The van der Waals surface area contributed by atoms with Gasteiger partial charge in [0.05, 0.1) is 0 Å². The van der Waals surface area contributed by atoms with Gasteiger partial charge in [-0.1, -0.05) is 30.3 Å². The highest BCUT2D eigenvalue weighted by molar-refractivity contribution is 5.94. The predicted molar refractivity (Wildman–Crippen MR) is 107 cm³/mol. The zero-order valence-corrected chi connectivity index (χ0v) is 15.7. The fraction of sp³-hybridized carbons (Fsp3) is 0.364. The minimum absolute atomic E-state index is 0.0251. The van der Waals surface area contributed by atoms with Gasteiger partial charge in [0, 0.05) is 36.8 Å². The summed E-state index contributed by atoms with van der Waals surface area (Å²) in [5.74, 6) is 0.250. The summed E-state index contributed by atoms with van der Waals surface area (Å²) in [4.78, 5) is 25.9. The van der Waals surface area contributed by atoms with Crippen LogP contribution in [0.3, 0.4) is 0 Å². The van der Waals surface area contributed by atoms with E-state index in [2.05, 4.69) is 41.4 Å². The monoisotopic (exact) mass is 365 g/mol. The van der Waals surface area contributed by atoms with Gasteiger partial charge in [0.1, 0.15) is 0 Å². The van der Waals surface area contributed by atoms with Crippen LogP contribution in [0.25, 0.3) is 0 Å². The SMILES string of the molecule is CC(C1CC1)N(CCC(=O)Nc1ccc(C(N)=O)cc1)Cc1ccccc1. The second kappa shape index (κ2) is 8.82. The largest absolute Gasteiger partial charge is 0.366 e. The van der Waals surface area contributed by atoms with E-state index in [4.69, 9.17) is 5.73 Å². The van der Waals surface area contributed by atoms with Crippen molar-refractivity contribution in [2.24, 2.45) is 11.7 Å². The number of carbonyl (C=O) groups excluding carboxylic acids is 2. The van der Waals surface area contributed by atoms with E-state index < -0.39 is 5.91 Å². The summed E-state index contributed by atoms with van der Waals surface area (Å²) in [6, 6.07) is 17.5. The molecule has 0 spiro atoms. The lowest BCUT2D eigenvalue weighted by molar-refractivity contribution is -0.116. The molecule has 3 rings (SSSR count). The smallest absolute Gasteiger partial charge is 0.248 e. The van der Waals surface area contributed by atoms with E-state index in [0.29, 0.717) is 23.7 Å². The maximum atomic E-state index is 12.4. The van der Waals surface area contributed by atoms with Crippen molar-refractivity contribution in [2.75, 3.05) is 11.9 Å². The van der Waals surface area contributed by atoms with Crippen LogP contribution in [0.15, 0.2) is 54.6 Å². The first-order valence-corrected chi connectivity index (χ1v) is 9.50. The van der Waals surface area contributed by atoms with Crippen molar-refractivity contribution in [1.82, 2.24) is 4.90 Å². The van der Waals surface area contributed by atoms with Crippen LogP contribution < -0.4 is 11.1 Å². The number of benzene rings is 2. The summed E-state index contributed by atoms with van der Waals surface area (Å²) in [5, 5.41) is 2.89. The predicted octanol–water partition coefficient (Wildman–Crippen LogP) is 3.41. The van der Waals surface area contributed by atoms with Gasteiger partial charge in [-0.2, -0.15) is 0 Å². The molecule has 1 atom stereocenters. The van der Waals surface area contributed by atoms with Crippen molar-refractivity contribution in [3.63, 3.8) is 0 Å². The molecule has 1 fully saturated rings. The lowest BCUT2D eigenvalue weighted by Gasteiger charge is -2.29. The van der Waals surface area contributed by atoms with E-state index in [9.17, 15) is 9.59 Å². The first kappa shape index (κ1) is 19.1. The molecule has 5 nitrogen and oxygen atoms in total. The van der Waals surface area contributed by atoms with Gasteiger partial charge in [-0.3, -0.25) is 14.5 Å². The standard InChI is InChI=1S/C22H27N3O2/c1-16(18-7-8-18)25(15-17-5-3-2-4-6-17)14-13-21(26)24-20-11-9-19(10-12-20)22(23)27/h2-6,9-12,16,18H,7-8,13-15H2,1H3,(H2,23,27)(H,24,26). The number of rotatable bonds is 9. The van der Waals surface area contributed by atoms with Crippen LogP contribution >= 0.6 is 0 Å². The summed E-state index contributed by atoms with van der Waals surface area (Å²) in [6.07, 6.45) is 3.00. The molecule has 3 N–H and O–H groups in total. The molecule has 2 aromatic rings. The lowest BCUT2D eigenvalue weighted by Crippen LogP contribution is -2.36. The van der Waals surface area contributed by atoms with Gasteiger partial charge >= 0.3 is 0 Å². The fourth-order valence-electron chi connectivity index (χ4n) is 3.31. The first-order chi connectivity index (χ1) is 13.0. The molecule has 0 radical (unpaired) electrons. The second-order valence-corrected chi connectivity index (χ2v) is 7.27. The number of hydrogen-bond donors (Lipinski definition) is 2. The summed E-state index contributed by atoms with van der Waals surface area (Å²) in [5.41, 5.74) is 7.61. The molecule has 0 aliphatic heterocycles. The Morgan fingerprint density at radius 1 is 1.11 bits per heavy atom. The quantitative estimate of drug-likeness (QED) is 0.715. The van der Waals surface area contributed by atoms with Crippen molar-refractivity contribution in [1.29, 1.82) is 0 Å². The molecule has 0 heterocycles. The van der Waals surface area contributed by atoms with Crippen molar-refractivity contribution < 1.29 is 9.59 Å². The molecule has 0 saturated heterocycles. The molecule has 0 aromatic heterocycles. The minimum atomic E-state index is -0.474. The maximum Gasteiger partial charge on any atom is 0.248 e. The Morgan fingerprint density at radius 3 is 2.37 bits per heavy atom. The van der Waals surface area contributed by atoms with Crippen molar-refractivity contribution in [3.05, 3.63) is 65.7 Å². The number of carbonyl (C=O) groups is 2. The van der Waals surface area contributed by atoms with E-state index in [1.165, 1.54) is 18.4 Å². The number of hydrogen-bond acceptors (Lipinski definition) is 3. The lowest BCUT2D eigenvalue weighted by atomic mass is 10.1. The number of amides is 2. The van der Waals surface area contributed by atoms with Gasteiger partial charge in [0.2, 0.25) is 11.8 Å². The average molecular weight is 365 g/mol.